The van der Waals surface area contributed by atoms with Crippen LogP contribution in [0, 0.1) is 0 Å². The highest BCUT2D eigenvalue weighted by Crippen LogP contribution is 2.26. The smallest absolute Gasteiger partial charge is 0.130 e. The predicted molar refractivity (Wildman–Crippen MR) is 80.2 cm³/mol. The number of aliphatic hydroxyl groups is 1. The molecule has 1 aromatic heterocycles. The van der Waals surface area contributed by atoms with Crippen LogP contribution in [-0.4, -0.2) is 17.8 Å². The number of furan rings is 1. The Hall–Kier alpha value is -1.58. The monoisotopic (exact) mass is 274 g/mol. The molecule has 3 nitrogen and oxygen atoms in total. The molecular formula is C17H22O3. The third kappa shape index (κ3) is 3.71. The van der Waals surface area contributed by atoms with Crippen molar-refractivity contribution in [2.45, 2.75) is 39.4 Å². The van der Waals surface area contributed by atoms with Crippen molar-refractivity contribution in [3.8, 4) is 0 Å². The van der Waals surface area contributed by atoms with Crippen LogP contribution in [0.1, 0.15) is 38.2 Å². The van der Waals surface area contributed by atoms with Gasteiger partial charge in [0.25, 0.3) is 0 Å². The molecule has 0 saturated heterocycles. The van der Waals surface area contributed by atoms with Crippen molar-refractivity contribution < 1.29 is 14.3 Å². The SMILES string of the molecule is C=C(C)C1=CCOC1CC/C(C)=C/c1ccc(CO)o1. The van der Waals surface area contributed by atoms with Gasteiger partial charge in [0.05, 0.1) is 12.7 Å². The third-order valence-corrected chi connectivity index (χ3v) is 3.47. The molecule has 20 heavy (non-hydrogen) atoms. The standard InChI is InChI=1S/C17H22O3/c1-12(2)16-8-9-19-17(16)7-4-13(3)10-14-5-6-15(11-18)20-14/h5-6,8,10,17-18H,1,4,7,9,11H2,2-3H3/b13-10+. The minimum absolute atomic E-state index is 0.0600. The van der Waals surface area contributed by atoms with Crippen molar-refractivity contribution in [1.29, 1.82) is 0 Å². The second kappa shape index (κ2) is 6.73. The van der Waals surface area contributed by atoms with Gasteiger partial charge >= 0.3 is 0 Å². The highest BCUT2D eigenvalue weighted by atomic mass is 16.5. The fraction of sp³-hybridized carbons (Fsp3) is 0.412. The molecule has 1 atom stereocenters. The second-order valence-electron chi connectivity index (χ2n) is 5.25. The first-order valence-electron chi connectivity index (χ1n) is 6.94. The largest absolute Gasteiger partial charge is 0.459 e. The summed E-state index contributed by atoms with van der Waals surface area (Å²) in [5, 5.41) is 8.97. The summed E-state index contributed by atoms with van der Waals surface area (Å²) >= 11 is 0. The van der Waals surface area contributed by atoms with Crippen molar-refractivity contribution in [2.75, 3.05) is 6.61 Å². The van der Waals surface area contributed by atoms with Crippen molar-refractivity contribution in [3.63, 3.8) is 0 Å². The summed E-state index contributed by atoms with van der Waals surface area (Å²) in [6.45, 7) is 8.73. The summed E-state index contributed by atoms with van der Waals surface area (Å²) in [4.78, 5) is 0. The molecular weight excluding hydrogens is 252 g/mol. The minimum Gasteiger partial charge on any atom is -0.459 e. The molecule has 0 bridgehead atoms. The molecule has 1 aliphatic rings. The molecule has 2 rings (SSSR count). The Balaban J connectivity index is 1.90. The highest BCUT2D eigenvalue weighted by Gasteiger charge is 2.19. The maximum absolute atomic E-state index is 8.97. The summed E-state index contributed by atoms with van der Waals surface area (Å²) in [5.74, 6) is 1.38. The maximum atomic E-state index is 8.97. The van der Waals surface area contributed by atoms with Gasteiger partial charge in [-0.05, 0) is 50.5 Å². The van der Waals surface area contributed by atoms with Crippen LogP contribution < -0.4 is 0 Å². The van der Waals surface area contributed by atoms with Crippen LogP contribution in [0.5, 0.6) is 0 Å². The van der Waals surface area contributed by atoms with E-state index in [-0.39, 0.29) is 12.7 Å². The Labute approximate surface area is 120 Å². The topological polar surface area (TPSA) is 42.6 Å². The summed E-state index contributed by atoms with van der Waals surface area (Å²) in [6, 6.07) is 3.67. The summed E-state index contributed by atoms with van der Waals surface area (Å²) in [5.41, 5.74) is 3.56. The number of ether oxygens (including phenoxy) is 1. The van der Waals surface area contributed by atoms with Crippen molar-refractivity contribution in [3.05, 3.63) is 53.0 Å². The van der Waals surface area contributed by atoms with Gasteiger partial charge in [-0.2, -0.15) is 0 Å². The molecule has 3 heteroatoms. The van der Waals surface area contributed by atoms with Gasteiger partial charge in [-0.15, -0.1) is 0 Å². The fourth-order valence-corrected chi connectivity index (χ4v) is 2.39. The van der Waals surface area contributed by atoms with Crippen molar-refractivity contribution in [1.82, 2.24) is 0 Å². The Bertz CT molecular complexity index is 534. The van der Waals surface area contributed by atoms with Crippen molar-refractivity contribution >= 4 is 6.08 Å². The molecule has 0 radical (unpaired) electrons. The molecule has 1 aromatic rings. The first-order valence-corrected chi connectivity index (χ1v) is 6.94. The van der Waals surface area contributed by atoms with E-state index in [4.69, 9.17) is 14.3 Å². The van der Waals surface area contributed by atoms with Gasteiger partial charge in [-0.25, -0.2) is 0 Å². The second-order valence-corrected chi connectivity index (χ2v) is 5.25. The van der Waals surface area contributed by atoms with Gasteiger partial charge in [0, 0.05) is 0 Å². The van der Waals surface area contributed by atoms with Crippen LogP contribution in [0.25, 0.3) is 6.08 Å². The highest BCUT2D eigenvalue weighted by molar-refractivity contribution is 5.47. The van der Waals surface area contributed by atoms with Crippen molar-refractivity contribution in [2.24, 2.45) is 0 Å². The molecule has 0 amide bonds. The molecule has 1 aliphatic heterocycles. The average Bonchev–Trinajstić information content (AvgIpc) is 3.04. The van der Waals surface area contributed by atoms with E-state index in [9.17, 15) is 0 Å². The quantitative estimate of drug-likeness (QED) is 0.856. The maximum Gasteiger partial charge on any atom is 0.130 e. The predicted octanol–water partition coefficient (Wildman–Crippen LogP) is 3.86. The van der Waals surface area contributed by atoms with Crippen LogP contribution in [-0.2, 0) is 11.3 Å². The van der Waals surface area contributed by atoms with E-state index in [0.717, 1.165) is 24.2 Å². The van der Waals surface area contributed by atoms with Gasteiger partial charge in [0.1, 0.15) is 18.1 Å². The Morgan fingerprint density at radius 3 is 2.90 bits per heavy atom. The molecule has 0 fully saturated rings. The van der Waals surface area contributed by atoms with Crippen LogP contribution in [0.15, 0.2) is 45.9 Å². The number of rotatable bonds is 6. The molecule has 0 aromatic carbocycles. The zero-order valence-electron chi connectivity index (χ0n) is 12.2. The summed E-state index contributed by atoms with van der Waals surface area (Å²) < 4.78 is 11.2. The van der Waals surface area contributed by atoms with E-state index in [1.807, 2.05) is 19.1 Å². The first kappa shape index (κ1) is 14.8. The van der Waals surface area contributed by atoms with Gasteiger partial charge in [0.2, 0.25) is 0 Å². The Morgan fingerprint density at radius 2 is 2.25 bits per heavy atom. The summed E-state index contributed by atoms with van der Waals surface area (Å²) in [7, 11) is 0. The molecule has 1 unspecified atom stereocenters. The zero-order valence-corrected chi connectivity index (χ0v) is 12.2. The first-order chi connectivity index (χ1) is 9.60. The van der Waals surface area contributed by atoms with E-state index in [2.05, 4.69) is 19.6 Å². The van der Waals surface area contributed by atoms with E-state index in [0.29, 0.717) is 12.4 Å². The molecule has 1 N–H and O–H groups in total. The number of aliphatic hydroxyl groups excluding tert-OH is 1. The molecule has 108 valence electrons. The normalized spacial score (nSPS) is 19.2. The third-order valence-electron chi connectivity index (χ3n) is 3.47. The van der Waals surface area contributed by atoms with Crippen LogP contribution in [0.2, 0.25) is 0 Å². The van der Waals surface area contributed by atoms with Gasteiger partial charge in [-0.3, -0.25) is 0 Å². The van der Waals surface area contributed by atoms with E-state index in [1.165, 1.54) is 11.1 Å². The van der Waals surface area contributed by atoms with E-state index >= 15 is 0 Å². The Kier molecular flexibility index (Phi) is 4.99. The lowest BCUT2D eigenvalue weighted by molar-refractivity contribution is 0.116. The van der Waals surface area contributed by atoms with Gasteiger partial charge in [0.15, 0.2) is 0 Å². The molecule has 0 spiro atoms. The van der Waals surface area contributed by atoms with Gasteiger partial charge in [-0.1, -0.05) is 23.8 Å². The Morgan fingerprint density at radius 1 is 1.45 bits per heavy atom. The molecule has 0 saturated carbocycles. The van der Waals surface area contributed by atoms with E-state index in [1.54, 1.807) is 6.07 Å². The molecule has 0 aliphatic carbocycles. The fourth-order valence-electron chi connectivity index (χ4n) is 2.39. The van der Waals surface area contributed by atoms with E-state index < -0.39 is 0 Å². The van der Waals surface area contributed by atoms with Crippen LogP contribution >= 0.6 is 0 Å². The van der Waals surface area contributed by atoms with Crippen LogP contribution in [0.3, 0.4) is 0 Å². The lowest BCUT2D eigenvalue weighted by atomic mass is 9.98. The number of hydrogen-bond donors (Lipinski definition) is 1. The van der Waals surface area contributed by atoms with Gasteiger partial charge < -0.3 is 14.3 Å². The number of allylic oxidation sites excluding steroid dienone is 1. The average molecular weight is 274 g/mol. The van der Waals surface area contributed by atoms with Crippen LogP contribution in [0.4, 0.5) is 0 Å². The zero-order chi connectivity index (χ0) is 14.5. The molecule has 2 heterocycles. The lowest BCUT2D eigenvalue weighted by Crippen LogP contribution is -2.10. The lowest BCUT2D eigenvalue weighted by Gasteiger charge is -2.14. The minimum atomic E-state index is -0.0600. The summed E-state index contributed by atoms with van der Waals surface area (Å²) in [6.07, 6.45) is 6.20. The number of hydrogen-bond acceptors (Lipinski definition) is 3.